The van der Waals surface area contributed by atoms with Gasteiger partial charge in [0.15, 0.2) is 0 Å². The van der Waals surface area contributed by atoms with Crippen molar-refractivity contribution in [3.05, 3.63) is 54.3 Å². The lowest BCUT2D eigenvalue weighted by molar-refractivity contribution is -0.137. The molecule has 2 aromatic carbocycles. The fourth-order valence-corrected chi connectivity index (χ4v) is 3.87. The van der Waals surface area contributed by atoms with Gasteiger partial charge in [-0.1, -0.05) is 24.3 Å². The molecule has 0 aliphatic carbocycles. The van der Waals surface area contributed by atoms with Gasteiger partial charge in [-0.05, 0) is 30.5 Å². The average Bonchev–Trinajstić information content (AvgIpc) is 3.09. The Bertz CT molecular complexity index is 937. The third-order valence-corrected chi connectivity index (χ3v) is 5.55. The van der Waals surface area contributed by atoms with Gasteiger partial charge in [-0.25, -0.2) is 4.39 Å². The Morgan fingerprint density at radius 1 is 1.21 bits per heavy atom. The molecule has 1 unspecified atom stereocenters. The molecule has 152 valence electrons. The molecule has 1 aliphatic rings. The highest BCUT2D eigenvalue weighted by atomic mass is 32.2. The van der Waals surface area contributed by atoms with E-state index in [1.165, 1.54) is 40.7 Å². The molecule has 29 heavy (non-hydrogen) atoms. The van der Waals surface area contributed by atoms with Crippen molar-refractivity contribution in [1.29, 1.82) is 0 Å². The highest BCUT2D eigenvalue weighted by Gasteiger charge is 2.37. The number of nitrogens with one attached hydrogen (secondary N) is 1. The first-order chi connectivity index (χ1) is 13.9. The number of hydrogen-bond donors (Lipinski definition) is 1. The van der Waals surface area contributed by atoms with Crippen molar-refractivity contribution in [2.24, 2.45) is 5.92 Å². The lowest BCUT2D eigenvalue weighted by Gasteiger charge is -2.21. The quantitative estimate of drug-likeness (QED) is 0.737. The molecule has 0 spiro atoms. The molecule has 1 aliphatic heterocycles. The van der Waals surface area contributed by atoms with Crippen LogP contribution in [0.3, 0.4) is 0 Å². The van der Waals surface area contributed by atoms with E-state index in [9.17, 15) is 18.8 Å². The number of nitrogens with zero attached hydrogens (tertiary/aromatic N) is 2. The molecule has 1 saturated heterocycles. The number of halogens is 1. The fourth-order valence-electron chi connectivity index (χ4n) is 3.32. The van der Waals surface area contributed by atoms with Crippen molar-refractivity contribution >= 4 is 40.9 Å². The van der Waals surface area contributed by atoms with Gasteiger partial charge in [-0.2, -0.15) is 0 Å². The number of carbonyl (C=O) groups excluding carboxylic acids is 3. The number of anilines is 2. The first-order valence-electron chi connectivity index (χ1n) is 9.13. The Labute approximate surface area is 173 Å². The van der Waals surface area contributed by atoms with Crippen LogP contribution >= 0.6 is 11.8 Å². The molecule has 6 nitrogen and oxygen atoms in total. The summed E-state index contributed by atoms with van der Waals surface area (Å²) in [5.41, 5.74) is 0.856. The van der Waals surface area contributed by atoms with Gasteiger partial charge in [-0.15, -0.1) is 11.8 Å². The first kappa shape index (κ1) is 20.9. The van der Waals surface area contributed by atoms with Crippen LogP contribution < -0.4 is 10.2 Å². The number of rotatable bonds is 6. The van der Waals surface area contributed by atoms with E-state index in [2.05, 4.69) is 5.32 Å². The van der Waals surface area contributed by atoms with Crippen LogP contribution in [0.15, 0.2) is 53.4 Å². The largest absolute Gasteiger partial charge is 0.336 e. The Morgan fingerprint density at radius 3 is 2.62 bits per heavy atom. The van der Waals surface area contributed by atoms with E-state index in [1.807, 2.05) is 24.5 Å². The molecule has 1 N–H and O–H groups in total. The molecule has 3 rings (SSSR count). The zero-order chi connectivity index (χ0) is 21.0. The van der Waals surface area contributed by atoms with Gasteiger partial charge in [0.1, 0.15) is 5.82 Å². The van der Waals surface area contributed by atoms with Crippen LogP contribution in [-0.4, -0.2) is 49.0 Å². The minimum absolute atomic E-state index is 0.00552. The lowest BCUT2D eigenvalue weighted by Crippen LogP contribution is -2.39. The van der Waals surface area contributed by atoms with Crippen LogP contribution in [0.1, 0.15) is 6.42 Å². The number of benzene rings is 2. The Balaban J connectivity index is 1.61. The standard InChI is InChI=1S/C21H22FN3O3S/c1-24(13-19(26)23-16-8-4-6-10-18(16)29-2)21(28)14-11-20(27)25(12-14)17-9-5-3-7-15(17)22/h3-10,14H,11-13H2,1-2H3,(H,23,26). The number of thioether (sulfide) groups is 1. The van der Waals surface area contributed by atoms with Crippen LogP contribution in [-0.2, 0) is 14.4 Å². The normalized spacial score (nSPS) is 16.0. The molecular weight excluding hydrogens is 393 g/mol. The smallest absolute Gasteiger partial charge is 0.244 e. The van der Waals surface area contributed by atoms with Crippen LogP contribution in [0.2, 0.25) is 0 Å². The Kier molecular flexibility index (Phi) is 6.53. The van der Waals surface area contributed by atoms with E-state index >= 15 is 0 Å². The van der Waals surface area contributed by atoms with Gasteiger partial charge in [0.25, 0.3) is 0 Å². The molecule has 1 fully saturated rings. The number of para-hydroxylation sites is 2. The van der Waals surface area contributed by atoms with Gasteiger partial charge in [0, 0.05) is 24.9 Å². The maximum atomic E-state index is 14.0. The van der Waals surface area contributed by atoms with Crippen molar-refractivity contribution < 1.29 is 18.8 Å². The van der Waals surface area contributed by atoms with Crippen molar-refractivity contribution in [2.45, 2.75) is 11.3 Å². The molecule has 0 radical (unpaired) electrons. The highest BCUT2D eigenvalue weighted by Crippen LogP contribution is 2.28. The fraction of sp³-hybridized carbons (Fsp3) is 0.286. The number of likely N-dealkylation sites (N-methyl/N-ethyl adjacent to an activating group) is 1. The number of hydrogen-bond acceptors (Lipinski definition) is 4. The summed E-state index contributed by atoms with van der Waals surface area (Å²) in [5.74, 6) is -2.06. The molecule has 1 atom stereocenters. The number of carbonyl (C=O) groups is 3. The first-order valence-corrected chi connectivity index (χ1v) is 10.4. The highest BCUT2D eigenvalue weighted by molar-refractivity contribution is 7.98. The van der Waals surface area contributed by atoms with Crippen LogP contribution in [0.5, 0.6) is 0 Å². The van der Waals surface area contributed by atoms with Gasteiger partial charge in [0.05, 0.1) is 23.8 Å². The Hall–Kier alpha value is -2.87. The van der Waals surface area contributed by atoms with Gasteiger partial charge in [-0.3, -0.25) is 14.4 Å². The monoisotopic (exact) mass is 415 g/mol. The van der Waals surface area contributed by atoms with E-state index in [4.69, 9.17) is 0 Å². The summed E-state index contributed by atoms with van der Waals surface area (Å²) < 4.78 is 14.0. The van der Waals surface area contributed by atoms with Crippen molar-refractivity contribution in [3.8, 4) is 0 Å². The van der Waals surface area contributed by atoms with E-state index in [-0.39, 0.29) is 42.9 Å². The van der Waals surface area contributed by atoms with Crippen LogP contribution in [0.25, 0.3) is 0 Å². The summed E-state index contributed by atoms with van der Waals surface area (Å²) in [6.45, 7) is -0.0359. The number of amides is 3. The summed E-state index contributed by atoms with van der Waals surface area (Å²) in [6.07, 6.45) is 1.91. The molecular formula is C21H22FN3O3S. The zero-order valence-corrected chi connectivity index (χ0v) is 17.0. The minimum Gasteiger partial charge on any atom is -0.336 e. The predicted molar refractivity (Wildman–Crippen MR) is 111 cm³/mol. The summed E-state index contributed by atoms with van der Waals surface area (Å²) in [4.78, 5) is 40.9. The Morgan fingerprint density at radius 2 is 1.90 bits per heavy atom. The zero-order valence-electron chi connectivity index (χ0n) is 16.2. The molecule has 2 aromatic rings. The molecule has 3 amide bonds. The lowest BCUT2D eigenvalue weighted by atomic mass is 10.1. The summed E-state index contributed by atoms with van der Waals surface area (Å²) in [6, 6.07) is 13.4. The predicted octanol–water partition coefficient (Wildman–Crippen LogP) is 3.00. The summed E-state index contributed by atoms with van der Waals surface area (Å²) >= 11 is 1.51. The maximum Gasteiger partial charge on any atom is 0.244 e. The molecule has 1 heterocycles. The van der Waals surface area contributed by atoms with E-state index in [0.717, 1.165) is 4.90 Å². The minimum atomic E-state index is -0.613. The molecule has 0 saturated carbocycles. The van der Waals surface area contributed by atoms with Gasteiger partial charge >= 0.3 is 0 Å². The van der Waals surface area contributed by atoms with E-state index in [0.29, 0.717) is 5.69 Å². The second kappa shape index (κ2) is 9.09. The average molecular weight is 415 g/mol. The van der Waals surface area contributed by atoms with Crippen molar-refractivity contribution in [2.75, 3.05) is 36.6 Å². The third-order valence-electron chi connectivity index (χ3n) is 4.76. The van der Waals surface area contributed by atoms with Crippen molar-refractivity contribution in [1.82, 2.24) is 4.90 Å². The molecule has 8 heteroatoms. The summed E-state index contributed by atoms with van der Waals surface area (Å²) in [5, 5.41) is 2.81. The van der Waals surface area contributed by atoms with Crippen LogP contribution in [0, 0.1) is 11.7 Å². The topological polar surface area (TPSA) is 69.7 Å². The van der Waals surface area contributed by atoms with Crippen molar-refractivity contribution in [3.63, 3.8) is 0 Å². The van der Waals surface area contributed by atoms with Gasteiger partial charge < -0.3 is 15.1 Å². The molecule has 0 bridgehead atoms. The second-order valence-electron chi connectivity index (χ2n) is 6.80. The summed E-state index contributed by atoms with van der Waals surface area (Å²) in [7, 11) is 1.53. The van der Waals surface area contributed by atoms with Gasteiger partial charge in [0.2, 0.25) is 17.7 Å². The van der Waals surface area contributed by atoms with Crippen LogP contribution in [0.4, 0.5) is 15.8 Å². The SMILES string of the molecule is CSc1ccccc1NC(=O)CN(C)C(=O)C1CC(=O)N(c2ccccc2F)C1. The second-order valence-corrected chi connectivity index (χ2v) is 7.65. The van der Waals surface area contributed by atoms with E-state index < -0.39 is 11.7 Å². The molecule has 0 aromatic heterocycles. The third kappa shape index (κ3) is 4.76. The maximum absolute atomic E-state index is 14.0. The van der Waals surface area contributed by atoms with E-state index in [1.54, 1.807) is 18.2 Å².